The van der Waals surface area contributed by atoms with Crippen molar-refractivity contribution < 1.29 is 13.9 Å². The number of Topliss-reactive ketones (excluding diaryl/α,β-unsaturated/α-hetero) is 1. The fourth-order valence-corrected chi connectivity index (χ4v) is 4.16. The van der Waals surface area contributed by atoms with Gasteiger partial charge in [0.25, 0.3) is 0 Å². The summed E-state index contributed by atoms with van der Waals surface area (Å²) >= 11 is 0. The van der Waals surface area contributed by atoms with Crippen molar-refractivity contribution in [2.24, 2.45) is 0 Å². The number of benzene rings is 1. The molecule has 1 aromatic carbocycles. The Morgan fingerprint density at radius 3 is 2.93 bits per heavy atom. The van der Waals surface area contributed by atoms with Crippen molar-refractivity contribution in [3.63, 3.8) is 0 Å². The van der Waals surface area contributed by atoms with Crippen LogP contribution in [0.4, 0.5) is 5.95 Å². The first-order chi connectivity index (χ1) is 13.6. The monoisotopic (exact) mass is 376 g/mol. The lowest BCUT2D eigenvalue weighted by molar-refractivity contribution is -0.117. The average molecular weight is 376 g/mol. The molecule has 2 aromatic heterocycles. The highest BCUT2D eigenvalue weighted by atomic mass is 16.5. The molecule has 0 radical (unpaired) electrons. The Morgan fingerprint density at radius 2 is 2.14 bits per heavy atom. The maximum absolute atomic E-state index is 13.3. The summed E-state index contributed by atoms with van der Waals surface area (Å²) in [4.78, 5) is 17.8. The molecule has 3 heterocycles. The Morgan fingerprint density at radius 1 is 1.25 bits per heavy atom. The van der Waals surface area contributed by atoms with Crippen LogP contribution < -0.4 is 10.1 Å². The number of methoxy groups -OCH3 is 1. The second-order valence-electron chi connectivity index (χ2n) is 7.17. The highest BCUT2D eigenvalue weighted by molar-refractivity contribution is 6.00. The molecule has 0 spiro atoms. The fraction of sp³-hybridized carbons (Fsp3) is 0.286. The first kappa shape index (κ1) is 16.8. The molecule has 7 nitrogen and oxygen atoms in total. The zero-order valence-electron chi connectivity index (χ0n) is 15.7. The molecule has 0 saturated carbocycles. The normalized spacial score (nSPS) is 21.1. The number of nitrogens with one attached hydrogen (secondary N) is 1. The van der Waals surface area contributed by atoms with Gasteiger partial charge in [0.2, 0.25) is 5.95 Å². The number of aromatic nitrogens is 3. The number of allylic oxidation sites excluding steroid dienone is 2. The van der Waals surface area contributed by atoms with Gasteiger partial charge in [0.1, 0.15) is 23.4 Å². The topological polar surface area (TPSA) is 82.2 Å². The van der Waals surface area contributed by atoms with Crippen molar-refractivity contribution in [1.29, 1.82) is 0 Å². The minimum atomic E-state index is -0.326. The van der Waals surface area contributed by atoms with Gasteiger partial charge in [0.05, 0.1) is 13.4 Å². The minimum absolute atomic E-state index is 0.0234. The van der Waals surface area contributed by atoms with Crippen LogP contribution in [0, 0.1) is 6.92 Å². The Hall–Kier alpha value is -3.35. The largest absolute Gasteiger partial charge is 0.497 e. The minimum Gasteiger partial charge on any atom is -0.497 e. The smallest absolute Gasteiger partial charge is 0.226 e. The second kappa shape index (κ2) is 6.37. The first-order valence-electron chi connectivity index (χ1n) is 9.28. The Labute approximate surface area is 162 Å². The zero-order chi connectivity index (χ0) is 19.3. The Bertz CT molecular complexity index is 1080. The van der Waals surface area contributed by atoms with Crippen LogP contribution in [0.15, 0.2) is 58.3 Å². The van der Waals surface area contributed by atoms with Crippen LogP contribution in [0.25, 0.3) is 0 Å². The van der Waals surface area contributed by atoms with Gasteiger partial charge in [-0.15, -0.1) is 0 Å². The number of hydrogen-bond acceptors (Lipinski definition) is 6. The molecule has 0 fully saturated rings. The number of furan rings is 1. The molecule has 28 heavy (non-hydrogen) atoms. The third-order valence-electron chi connectivity index (χ3n) is 5.38. The molecule has 2 atom stereocenters. The summed E-state index contributed by atoms with van der Waals surface area (Å²) in [6.45, 7) is 1.85. The molecule has 2 aliphatic rings. The number of hydrogen-bond donors (Lipinski definition) is 1. The van der Waals surface area contributed by atoms with E-state index in [2.05, 4.69) is 15.4 Å². The predicted molar refractivity (Wildman–Crippen MR) is 102 cm³/mol. The summed E-state index contributed by atoms with van der Waals surface area (Å²) in [6, 6.07) is 11.2. The van der Waals surface area contributed by atoms with E-state index < -0.39 is 0 Å². The zero-order valence-corrected chi connectivity index (χ0v) is 15.7. The van der Waals surface area contributed by atoms with Gasteiger partial charge in [-0.25, -0.2) is 4.68 Å². The van der Waals surface area contributed by atoms with E-state index in [1.54, 1.807) is 18.1 Å². The van der Waals surface area contributed by atoms with Crippen molar-refractivity contribution in [3.05, 3.63) is 71.1 Å². The second-order valence-corrected chi connectivity index (χ2v) is 7.17. The van der Waals surface area contributed by atoms with Crippen LogP contribution >= 0.6 is 0 Å². The molecule has 5 rings (SSSR count). The van der Waals surface area contributed by atoms with Gasteiger partial charge in [-0.2, -0.15) is 10.1 Å². The van der Waals surface area contributed by atoms with Crippen LogP contribution in [0.3, 0.4) is 0 Å². The summed E-state index contributed by atoms with van der Waals surface area (Å²) in [5.74, 6) is 3.01. The lowest BCUT2D eigenvalue weighted by Crippen LogP contribution is -2.33. The Balaban J connectivity index is 1.64. The highest BCUT2D eigenvalue weighted by Crippen LogP contribution is 2.44. The third-order valence-corrected chi connectivity index (χ3v) is 5.38. The van der Waals surface area contributed by atoms with E-state index in [0.29, 0.717) is 24.6 Å². The van der Waals surface area contributed by atoms with E-state index in [1.165, 1.54) is 0 Å². The maximum atomic E-state index is 13.3. The van der Waals surface area contributed by atoms with Crippen LogP contribution in [-0.4, -0.2) is 27.7 Å². The number of fused-ring (bicyclic) bond motifs is 1. The van der Waals surface area contributed by atoms with Gasteiger partial charge < -0.3 is 14.5 Å². The molecule has 1 N–H and O–H groups in total. The highest BCUT2D eigenvalue weighted by Gasteiger charge is 2.40. The number of nitrogens with zero attached hydrogens (tertiary/aromatic N) is 3. The number of rotatable bonds is 3. The summed E-state index contributed by atoms with van der Waals surface area (Å²) < 4.78 is 12.8. The molecule has 7 heteroatoms. The number of aryl methyl sites for hydroxylation is 1. The van der Waals surface area contributed by atoms with E-state index >= 15 is 0 Å². The standard InChI is InChI=1S/C21H20N4O3/c1-12-22-21-23-16-10-14(18-7-4-8-28-18)11-17(26)19(16)20(25(21)24-12)13-5-3-6-15(9-13)27-2/h3-9,14,20H,10-11H2,1-2H3,(H,22,23,24)/t14-,20-/m1/s1. The molecule has 0 bridgehead atoms. The SMILES string of the molecule is COc1cccc([C@@H]2C3=C(C[C@@H](c4ccco4)CC3=O)Nc3nc(C)nn32)c1. The van der Waals surface area contributed by atoms with Gasteiger partial charge >= 0.3 is 0 Å². The lowest BCUT2D eigenvalue weighted by Gasteiger charge is -2.34. The molecule has 3 aromatic rings. The summed E-state index contributed by atoms with van der Waals surface area (Å²) in [5, 5.41) is 7.90. The summed E-state index contributed by atoms with van der Waals surface area (Å²) in [6.07, 6.45) is 2.76. The predicted octanol–water partition coefficient (Wildman–Crippen LogP) is 3.60. The molecule has 1 aliphatic heterocycles. The molecule has 0 saturated heterocycles. The van der Waals surface area contributed by atoms with Gasteiger partial charge in [-0.1, -0.05) is 12.1 Å². The van der Waals surface area contributed by atoms with Crippen molar-refractivity contribution in [2.75, 3.05) is 12.4 Å². The van der Waals surface area contributed by atoms with Crippen LogP contribution in [0.1, 0.15) is 41.9 Å². The third kappa shape index (κ3) is 2.62. The number of carbonyl (C=O) groups is 1. The van der Waals surface area contributed by atoms with E-state index in [1.807, 2.05) is 43.3 Å². The van der Waals surface area contributed by atoms with E-state index in [4.69, 9.17) is 9.15 Å². The van der Waals surface area contributed by atoms with Crippen LogP contribution in [0.2, 0.25) is 0 Å². The molecule has 1 aliphatic carbocycles. The van der Waals surface area contributed by atoms with E-state index in [-0.39, 0.29) is 17.7 Å². The number of carbonyl (C=O) groups excluding carboxylic acids is 1. The van der Waals surface area contributed by atoms with Gasteiger partial charge in [-0.05, 0) is 43.2 Å². The van der Waals surface area contributed by atoms with E-state index in [0.717, 1.165) is 28.3 Å². The maximum Gasteiger partial charge on any atom is 0.226 e. The molecule has 0 unspecified atom stereocenters. The first-order valence-corrected chi connectivity index (χ1v) is 9.28. The number of ketones is 1. The summed E-state index contributed by atoms with van der Waals surface area (Å²) in [7, 11) is 1.64. The van der Waals surface area contributed by atoms with Gasteiger partial charge in [-0.3, -0.25) is 4.79 Å². The van der Waals surface area contributed by atoms with Crippen molar-refractivity contribution in [1.82, 2.24) is 14.8 Å². The average Bonchev–Trinajstić information content (AvgIpc) is 3.35. The van der Waals surface area contributed by atoms with Crippen LogP contribution in [0.5, 0.6) is 5.75 Å². The molecule has 142 valence electrons. The van der Waals surface area contributed by atoms with Crippen LogP contribution in [-0.2, 0) is 4.79 Å². The fourth-order valence-electron chi connectivity index (χ4n) is 4.16. The van der Waals surface area contributed by atoms with Gasteiger partial charge in [0, 0.05) is 23.6 Å². The van der Waals surface area contributed by atoms with E-state index in [9.17, 15) is 4.79 Å². The summed E-state index contributed by atoms with van der Waals surface area (Å²) in [5.41, 5.74) is 2.59. The number of anilines is 1. The van der Waals surface area contributed by atoms with Crippen molar-refractivity contribution >= 4 is 11.7 Å². The van der Waals surface area contributed by atoms with Gasteiger partial charge in [0.15, 0.2) is 5.78 Å². The quantitative estimate of drug-likeness (QED) is 0.752. The molecular formula is C21H20N4O3. The molecule has 0 amide bonds. The van der Waals surface area contributed by atoms with Crippen molar-refractivity contribution in [3.8, 4) is 5.75 Å². The molecular weight excluding hydrogens is 356 g/mol. The number of ether oxygens (including phenoxy) is 1. The lowest BCUT2D eigenvalue weighted by atomic mass is 9.79. The Kier molecular flexibility index (Phi) is 3.82. The van der Waals surface area contributed by atoms with Crippen molar-refractivity contribution in [2.45, 2.75) is 31.7 Å².